The fourth-order valence-electron chi connectivity index (χ4n) is 6.34. The van der Waals surface area contributed by atoms with Gasteiger partial charge in [0.15, 0.2) is 5.76 Å². The first kappa shape index (κ1) is 15.0. The van der Waals surface area contributed by atoms with Crippen molar-refractivity contribution in [2.45, 2.75) is 44.4 Å². The van der Waals surface area contributed by atoms with E-state index in [1.54, 1.807) is 0 Å². The average molecular weight is 329 g/mol. The quantitative estimate of drug-likeness (QED) is 0.671. The van der Waals surface area contributed by atoms with Gasteiger partial charge >= 0.3 is 0 Å². The maximum Gasteiger partial charge on any atom is 0.153 e. The minimum absolute atomic E-state index is 0.150. The zero-order chi connectivity index (χ0) is 16.6. The molecule has 1 saturated carbocycles. The van der Waals surface area contributed by atoms with Crippen LogP contribution in [-0.4, -0.2) is 47.0 Å². The van der Waals surface area contributed by atoms with Crippen LogP contribution >= 0.6 is 0 Å². The van der Waals surface area contributed by atoms with Crippen molar-refractivity contribution in [2.75, 3.05) is 13.6 Å². The van der Waals surface area contributed by atoms with E-state index >= 15 is 0 Å². The van der Waals surface area contributed by atoms with Crippen molar-refractivity contribution in [2.24, 2.45) is 29.1 Å². The Morgan fingerprint density at radius 3 is 2.96 bits per heavy atom. The number of ether oxygens (including phenoxy) is 1. The number of aliphatic hydroxyl groups excluding tert-OH is 2. The van der Waals surface area contributed by atoms with Crippen LogP contribution in [0.4, 0.5) is 0 Å². The molecule has 0 radical (unpaired) electrons. The van der Waals surface area contributed by atoms with Gasteiger partial charge in [-0.1, -0.05) is 25.2 Å². The van der Waals surface area contributed by atoms with Gasteiger partial charge in [0, 0.05) is 29.8 Å². The maximum atomic E-state index is 10.6. The van der Waals surface area contributed by atoms with Crippen LogP contribution in [0.1, 0.15) is 26.2 Å². The van der Waals surface area contributed by atoms with E-state index in [0.717, 1.165) is 19.4 Å². The fourth-order valence-corrected chi connectivity index (χ4v) is 6.34. The highest BCUT2D eigenvalue weighted by Crippen LogP contribution is 2.56. The maximum absolute atomic E-state index is 10.6. The van der Waals surface area contributed by atoms with Gasteiger partial charge in [0.05, 0.1) is 0 Å². The lowest BCUT2D eigenvalue weighted by molar-refractivity contribution is -0.119. The molecule has 5 aliphatic rings. The van der Waals surface area contributed by atoms with Gasteiger partial charge in [-0.15, -0.1) is 0 Å². The Hall–Kier alpha value is -1.26. The number of fused-ring (bicyclic) bond motifs is 2. The zero-order valence-corrected chi connectivity index (χ0v) is 14.4. The average Bonchev–Trinajstić information content (AvgIpc) is 2.86. The summed E-state index contributed by atoms with van der Waals surface area (Å²) >= 11 is 0. The first-order valence-corrected chi connectivity index (χ1v) is 9.33. The molecular formula is C20H27NO3. The molecule has 0 aromatic heterocycles. The molecule has 3 fully saturated rings. The summed E-state index contributed by atoms with van der Waals surface area (Å²) in [5, 5.41) is 21.2. The summed E-state index contributed by atoms with van der Waals surface area (Å²) < 4.78 is 6.20. The van der Waals surface area contributed by atoms with E-state index in [4.69, 9.17) is 4.74 Å². The van der Waals surface area contributed by atoms with E-state index in [1.807, 2.05) is 12.2 Å². The fraction of sp³-hybridized carbons (Fsp3) is 0.700. The molecule has 2 N–H and O–H groups in total. The van der Waals surface area contributed by atoms with Gasteiger partial charge in [0.1, 0.15) is 18.0 Å². The molecule has 2 aliphatic heterocycles. The van der Waals surface area contributed by atoms with Crippen molar-refractivity contribution in [1.82, 2.24) is 4.90 Å². The second-order valence-electron chi connectivity index (χ2n) is 8.81. The van der Waals surface area contributed by atoms with Crippen LogP contribution in [0.2, 0.25) is 0 Å². The second kappa shape index (κ2) is 4.89. The van der Waals surface area contributed by atoms with Crippen LogP contribution in [0, 0.1) is 29.1 Å². The Labute approximate surface area is 143 Å². The van der Waals surface area contributed by atoms with Crippen molar-refractivity contribution < 1.29 is 14.9 Å². The van der Waals surface area contributed by atoms with Crippen LogP contribution in [0.3, 0.4) is 0 Å². The SMILES string of the molecule is CC1/C2=C(O)\C=C/C34C[C@H]1C1[C@@H](O2)[C@@H](O)C=C[C@H]1C[C@@H](C3)N(C)C4. The van der Waals surface area contributed by atoms with Crippen molar-refractivity contribution in [3.8, 4) is 0 Å². The summed E-state index contributed by atoms with van der Waals surface area (Å²) in [5.41, 5.74) is 0.150. The number of allylic oxidation sites excluding steroid dienone is 3. The smallest absolute Gasteiger partial charge is 0.153 e. The van der Waals surface area contributed by atoms with E-state index < -0.39 is 6.10 Å². The van der Waals surface area contributed by atoms with Gasteiger partial charge in [-0.05, 0) is 44.2 Å². The third kappa shape index (κ3) is 1.93. The normalized spacial score (nSPS) is 56.9. The molecule has 0 aromatic carbocycles. The first-order chi connectivity index (χ1) is 11.5. The van der Waals surface area contributed by atoms with Gasteiger partial charge in [-0.25, -0.2) is 0 Å². The molecule has 24 heavy (non-hydrogen) atoms. The molecule has 1 spiro atoms. The van der Waals surface area contributed by atoms with Crippen LogP contribution < -0.4 is 0 Å². The van der Waals surface area contributed by atoms with Gasteiger partial charge in [0.2, 0.25) is 0 Å². The molecule has 3 unspecified atom stereocenters. The topological polar surface area (TPSA) is 52.9 Å². The Morgan fingerprint density at radius 2 is 2.12 bits per heavy atom. The standard InChI is InChI=1S/C20H27NO3/c1-11-14-9-20-6-5-16(23)18(11)24-19-15(22)4-3-12(17(14)19)7-13(8-20)21(2)10-20/h3-6,11-15,17,19,22-23H,7-10H2,1-2H3/b6-5-,18-16-/t11?,12-,13-,14+,15-,17?,19-,20?/m0/s1. The van der Waals surface area contributed by atoms with Crippen LogP contribution in [0.5, 0.6) is 0 Å². The number of likely N-dealkylation sites (tertiary alicyclic amines) is 1. The highest BCUT2D eigenvalue weighted by atomic mass is 16.5. The molecule has 0 aromatic rings. The first-order valence-electron chi connectivity index (χ1n) is 9.33. The summed E-state index contributed by atoms with van der Waals surface area (Å²) in [6, 6.07) is 0.573. The Balaban J connectivity index is 1.71. The third-order valence-electron chi connectivity index (χ3n) is 7.44. The van der Waals surface area contributed by atoms with Gasteiger partial charge < -0.3 is 19.8 Å². The summed E-state index contributed by atoms with van der Waals surface area (Å²) in [6.45, 7) is 3.26. The van der Waals surface area contributed by atoms with Gasteiger partial charge in [-0.3, -0.25) is 0 Å². The molecule has 3 aliphatic carbocycles. The largest absolute Gasteiger partial charge is 0.504 e. The van der Waals surface area contributed by atoms with Crippen LogP contribution in [-0.2, 0) is 4.74 Å². The van der Waals surface area contributed by atoms with Crippen LogP contribution in [0.25, 0.3) is 0 Å². The number of rotatable bonds is 0. The molecule has 4 nitrogen and oxygen atoms in total. The molecule has 4 bridgehead atoms. The Morgan fingerprint density at radius 1 is 1.29 bits per heavy atom. The molecule has 130 valence electrons. The van der Waals surface area contributed by atoms with E-state index in [-0.39, 0.29) is 23.2 Å². The predicted molar refractivity (Wildman–Crippen MR) is 91.2 cm³/mol. The zero-order valence-electron chi connectivity index (χ0n) is 14.4. The molecule has 8 atom stereocenters. The number of hydrogen-bond acceptors (Lipinski definition) is 4. The van der Waals surface area contributed by atoms with E-state index in [9.17, 15) is 10.2 Å². The molecule has 2 saturated heterocycles. The summed E-state index contributed by atoms with van der Waals surface area (Å²) in [5.74, 6) is 2.40. The molecular weight excluding hydrogens is 302 g/mol. The van der Waals surface area contributed by atoms with E-state index in [0.29, 0.717) is 29.6 Å². The molecule has 0 amide bonds. The second-order valence-corrected chi connectivity index (χ2v) is 8.81. The van der Waals surface area contributed by atoms with Gasteiger partial charge in [-0.2, -0.15) is 0 Å². The Bertz CT molecular complexity index is 653. The molecule has 5 rings (SSSR count). The summed E-state index contributed by atoms with van der Waals surface area (Å²) in [4.78, 5) is 2.50. The minimum atomic E-state index is -0.571. The third-order valence-corrected chi connectivity index (χ3v) is 7.44. The summed E-state index contributed by atoms with van der Waals surface area (Å²) in [7, 11) is 2.24. The van der Waals surface area contributed by atoms with E-state index in [1.165, 1.54) is 6.42 Å². The van der Waals surface area contributed by atoms with Crippen molar-refractivity contribution >= 4 is 0 Å². The van der Waals surface area contributed by atoms with Gasteiger partial charge in [0.25, 0.3) is 0 Å². The monoisotopic (exact) mass is 329 g/mol. The molecule has 4 heteroatoms. The van der Waals surface area contributed by atoms with Crippen LogP contribution in [0.15, 0.2) is 35.8 Å². The summed E-state index contributed by atoms with van der Waals surface area (Å²) in [6.07, 6.45) is 10.9. The van der Waals surface area contributed by atoms with Crippen molar-refractivity contribution in [3.05, 3.63) is 35.8 Å². The lowest BCUT2D eigenvalue weighted by Gasteiger charge is -2.52. The van der Waals surface area contributed by atoms with Crippen molar-refractivity contribution in [1.29, 1.82) is 0 Å². The minimum Gasteiger partial charge on any atom is -0.504 e. The van der Waals surface area contributed by atoms with Crippen molar-refractivity contribution in [3.63, 3.8) is 0 Å². The number of nitrogens with zero attached hydrogens (tertiary/aromatic N) is 1. The lowest BCUT2D eigenvalue weighted by Crippen LogP contribution is -2.53. The molecule has 2 heterocycles. The highest BCUT2D eigenvalue weighted by Gasteiger charge is 2.56. The predicted octanol–water partition coefficient (Wildman–Crippen LogP) is 2.62. The Kier molecular flexibility index (Phi) is 3.06. The number of aliphatic hydroxyl groups is 2. The number of hydrogen-bond donors (Lipinski definition) is 2. The highest BCUT2D eigenvalue weighted by molar-refractivity contribution is 5.28. The van der Waals surface area contributed by atoms with E-state index in [2.05, 4.69) is 31.0 Å². The lowest BCUT2D eigenvalue weighted by atomic mass is 9.58.